The van der Waals surface area contributed by atoms with Gasteiger partial charge in [0, 0.05) is 128 Å². The second-order valence-corrected chi connectivity index (χ2v) is 21.0. The zero-order valence-electron chi connectivity index (χ0n) is 46.6. The third kappa shape index (κ3) is 28.8. The summed E-state index contributed by atoms with van der Waals surface area (Å²) in [7, 11) is 9.51. The molecule has 17 heteroatoms. The Labute approximate surface area is 450 Å². The number of ether oxygens (including phenoxy) is 1. The number of hydrogen-bond donors (Lipinski definition) is 2. The molecule has 2 heterocycles. The van der Waals surface area contributed by atoms with Gasteiger partial charge in [0.2, 0.25) is 11.8 Å². The average molecular weight is 1080 g/mol. The van der Waals surface area contributed by atoms with Gasteiger partial charge in [0.1, 0.15) is 5.69 Å². The lowest BCUT2D eigenvalue weighted by Crippen LogP contribution is -2.79. The minimum absolute atomic E-state index is 0.00185. The number of rotatable bonds is 26. The monoisotopic (exact) mass is 1080 g/mol. The maximum Gasteiger partial charge on any atom is 0.246 e. The molecule has 0 aliphatic carbocycles. The first-order valence-electron chi connectivity index (χ1n) is 24.8. The van der Waals surface area contributed by atoms with E-state index >= 15 is 0 Å². The third-order valence-corrected chi connectivity index (χ3v) is 13.4. The number of nitrogens with one attached hydrogen (secondary N) is 1. The summed E-state index contributed by atoms with van der Waals surface area (Å²) in [5.74, 6) is 3.61. The molecular weight excluding hydrogens is 989 g/mol. The van der Waals surface area contributed by atoms with Crippen molar-refractivity contribution < 1.29 is 44.8 Å². The van der Waals surface area contributed by atoms with Crippen molar-refractivity contribution in [1.29, 1.82) is 0 Å². The summed E-state index contributed by atoms with van der Waals surface area (Å²) in [5.41, 5.74) is 5.71. The molecule has 0 saturated heterocycles. The maximum absolute atomic E-state index is 12.3. The van der Waals surface area contributed by atoms with Crippen LogP contribution >= 0.6 is 24.1 Å². The SMILES string of the molecule is C#CC/C=C/C(=C/C=C/C(C)(C)c1cc(SOC)ccc1[NH2+]CCS(=O)OC)CCCCC(=O)NCCN1CC=CC1=O.CC.CC.CC.COC.COSc1ccc2c(c1)C(C)(C)CN2CCS(=O)OC. The maximum atomic E-state index is 12.3. The van der Waals surface area contributed by atoms with Gasteiger partial charge in [-0.1, -0.05) is 106 Å². The lowest BCUT2D eigenvalue weighted by molar-refractivity contribution is -0.567. The normalized spacial score (nSPS) is 14.3. The Bertz CT molecular complexity index is 2030. The number of nitrogens with zero attached hydrogens (tertiary/aromatic N) is 2. The number of carbonyl (C=O) groups excluding carboxylic acids is 2. The van der Waals surface area contributed by atoms with Crippen LogP contribution in [-0.4, -0.2) is 119 Å². The van der Waals surface area contributed by atoms with Gasteiger partial charge in [0.25, 0.3) is 0 Å². The summed E-state index contributed by atoms with van der Waals surface area (Å²) in [6, 6.07) is 12.6. The number of benzene rings is 2. The van der Waals surface area contributed by atoms with Gasteiger partial charge in [-0.05, 0) is 60.7 Å². The number of quaternary nitrogens is 1. The summed E-state index contributed by atoms with van der Waals surface area (Å²) in [6.07, 6.45) is 22.7. The highest BCUT2D eigenvalue weighted by atomic mass is 32.2. The molecule has 2 amide bonds. The van der Waals surface area contributed by atoms with Gasteiger partial charge in [-0.3, -0.25) is 18.0 Å². The molecule has 13 nitrogen and oxygen atoms in total. The zero-order chi connectivity index (χ0) is 55.0. The van der Waals surface area contributed by atoms with Crippen LogP contribution in [-0.2, 0) is 64.0 Å². The number of allylic oxidation sites excluding steroid dienone is 6. The zero-order valence-corrected chi connectivity index (χ0v) is 49.8. The number of carbonyl (C=O) groups is 2. The van der Waals surface area contributed by atoms with E-state index in [1.54, 1.807) is 39.4 Å². The van der Waals surface area contributed by atoms with Gasteiger partial charge in [0.05, 0.1) is 46.5 Å². The van der Waals surface area contributed by atoms with Gasteiger partial charge < -0.3 is 33.5 Å². The first kappa shape index (κ1) is 70.5. The summed E-state index contributed by atoms with van der Waals surface area (Å²) in [4.78, 5) is 30.0. The minimum Gasteiger partial charge on any atom is -0.388 e. The van der Waals surface area contributed by atoms with Crippen LogP contribution in [0.15, 0.2) is 94.3 Å². The summed E-state index contributed by atoms with van der Waals surface area (Å²) >= 11 is 0.207. The molecule has 4 rings (SSSR count). The fraction of sp³-hybridized carbons (Fsp3) is 0.564. The van der Waals surface area contributed by atoms with Crippen LogP contribution in [0, 0.1) is 12.3 Å². The third-order valence-electron chi connectivity index (χ3n) is 10.4. The van der Waals surface area contributed by atoms with E-state index < -0.39 is 22.2 Å². The van der Waals surface area contributed by atoms with Crippen molar-refractivity contribution in [3.05, 3.63) is 95.6 Å². The molecule has 0 bridgehead atoms. The van der Waals surface area contributed by atoms with Gasteiger partial charge in [-0.2, -0.15) is 0 Å². The molecule has 2 unspecified atom stereocenters. The Hall–Kier alpha value is -3.54. The number of terminal acetylenes is 1. The van der Waals surface area contributed by atoms with Crippen molar-refractivity contribution in [3.8, 4) is 12.3 Å². The van der Waals surface area contributed by atoms with Crippen molar-refractivity contribution >= 4 is 69.4 Å². The fourth-order valence-corrected chi connectivity index (χ4v) is 9.10. The van der Waals surface area contributed by atoms with Crippen LogP contribution in [0.4, 0.5) is 11.4 Å². The Morgan fingerprint density at radius 3 is 2.06 bits per heavy atom. The van der Waals surface area contributed by atoms with Crippen LogP contribution in [0.2, 0.25) is 0 Å². The quantitative estimate of drug-likeness (QED) is 0.0304. The van der Waals surface area contributed by atoms with Gasteiger partial charge in [-0.25, -0.2) is 8.42 Å². The molecule has 0 fully saturated rings. The highest BCUT2D eigenvalue weighted by molar-refractivity contribution is 7.94. The first-order valence-corrected chi connectivity index (χ1v) is 28.8. The van der Waals surface area contributed by atoms with Crippen molar-refractivity contribution in [2.45, 2.75) is 122 Å². The number of unbranched alkanes of at least 4 members (excludes halogenated alkanes) is 1. The molecular formula is C55H91N4O9S4+. The summed E-state index contributed by atoms with van der Waals surface area (Å²) < 4.78 is 47.5. The van der Waals surface area contributed by atoms with E-state index in [1.165, 1.54) is 49.6 Å². The lowest BCUT2D eigenvalue weighted by atomic mass is 9.83. The molecule has 2 aliphatic rings. The summed E-state index contributed by atoms with van der Waals surface area (Å²) in [5, 5.41) is 5.01. The topological polar surface area (TPSA) is 150 Å². The van der Waals surface area contributed by atoms with Crippen molar-refractivity contribution in [2.24, 2.45) is 0 Å². The molecule has 0 spiro atoms. The van der Waals surface area contributed by atoms with Crippen LogP contribution < -0.4 is 15.5 Å². The van der Waals surface area contributed by atoms with Gasteiger partial charge in [-0.15, -0.1) is 12.3 Å². The molecule has 72 heavy (non-hydrogen) atoms. The Morgan fingerprint density at radius 2 is 1.47 bits per heavy atom. The summed E-state index contributed by atoms with van der Waals surface area (Å²) in [6.45, 7) is 24.7. The minimum atomic E-state index is -1.29. The molecule has 2 atom stereocenters. The Morgan fingerprint density at radius 1 is 0.875 bits per heavy atom. The molecule has 2 aliphatic heterocycles. The van der Waals surface area contributed by atoms with Gasteiger partial charge in [0.15, 0.2) is 22.2 Å². The molecule has 408 valence electrons. The van der Waals surface area contributed by atoms with Crippen LogP contribution in [0.3, 0.4) is 0 Å². The first-order chi connectivity index (χ1) is 34.6. The number of amides is 2. The van der Waals surface area contributed by atoms with E-state index in [2.05, 4.69) is 109 Å². The molecule has 0 saturated carbocycles. The number of nitrogens with two attached hydrogens (primary N) is 1. The highest BCUT2D eigenvalue weighted by Gasteiger charge is 2.35. The molecule has 3 N–H and O–H groups in total. The molecule has 0 radical (unpaired) electrons. The fourth-order valence-electron chi connectivity index (χ4n) is 7.12. The second kappa shape index (κ2) is 42.8. The van der Waals surface area contributed by atoms with E-state index in [0.29, 0.717) is 50.5 Å². The van der Waals surface area contributed by atoms with Crippen molar-refractivity contribution in [2.75, 3.05) is 98.3 Å². The Balaban J connectivity index is 0. The average Bonchev–Trinajstić information content (AvgIpc) is 3.91. The molecule has 0 aromatic heterocycles. The van der Waals surface area contributed by atoms with E-state index in [-0.39, 0.29) is 22.6 Å². The van der Waals surface area contributed by atoms with E-state index in [1.807, 2.05) is 59.8 Å². The van der Waals surface area contributed by atoms with Crippen molar-refractivity contribution in [3.63, 3.8) is 0 Å². The standard InChI is InChI=1S/C33H45N3O5S2.C14H21NO3S2.C2H6O.3C2H6/c1-6-7-8-13-27(14-9-10-16-31(37)35-21-24-36-23-12-17-32(36)38)15-11-20-33(2,3)29-26-28(42-40-4)18-19-30(29)34-22-25-43(39)41-5;1-14(2)10-15(7-8-20(16)18-4)13-6-5-11(19-17-3)9-12(13)14;1-3-2;3*1-2/h1,8,11-13,15,17-20,26,34H,7,9-10,14,16,21-25H2,2-5H3,(H,35,37);5-6,9H,7-8,10H2,1-4H3;1-2H3;3*1-2H3/p+1/b13-8+,20-11+,27-15-;;;;;. The number of fused-ring (bicyclic) bond motifs is 1. The second-order valence-electron chi connectivity index (χ2n) is 16.4. The van der Waals surface area contributed by atoms with E-state index in [4.69, 9.17) is 23.2 Å². The smallest absolute Gasteiger partial charge is 0.246 e. The molecule has 2 aromatic carbocycles. The van der Waals surface area contributed by atoms with E-state index in [0.717, 1.165) is 59.0 Å². The van der Waals surface area contributed by atoms with Crippen LogP contribution in [0.1, 0.15) is 112 Å². The predicted molar refractivity (Wildman–Crippen MR) is 307 cm³/mol. The molecule has 2 aromatic rings. The van der Waals surface area contributed by atoms with E-state index in [9.17, 15) is 18.0 Å². The lowest BCUT2D eigenvalue weighted by Gasteiger charge is -2.23. The predicted octanol–water partition coefficient (Wildman–Crippen LogP) is 10.3. The largest absolute Gasteiger partial charge is 0.388 e. The highest BCUT2D eigenvalue weighted by Crippen LogP contribution is 2.42. The van der Waals surface area contributed by atoms with Crippen molar-refractivity contribution in [1.82, 2.24) is 10.2 Å². The van der Waals surface area contributed by atoms with Crippen LogP contribution in [0.5, 0.6) is 0 Å². The number of anilines is 1. The van der Waals surface area contributed by atoms with Crippen LogP contribution in [0.25, 0.3) is 0 Å². The number of hydrogen-bond acceptors (Lipinski definition) is 12. The van der Waals surface area contributed by atoms with Gasteiger partial charge >= 0.3 is 0 Å². The number of methoxy groups -OCH3 is 1. The Kier molecular flexibility index (Phi) is 41.9.